The van der Waals surface area contributed by atoms with E-state index in [1.807, 2.05) is 26.8 Å². The summed E-state index contributed by atoms with van der Waals surface area (Å²) in [6.07, 6.45) is 41.4. The van der Waals surface area contributed by atoms with Crippen LogP contribution in [0.5, 0.6) is 5.75 Å². The van der Waals surface area contributed by atoms with Gasteiger partial charge >= 0.3 is 11.9 Å². The minimum Gasteiger partial charge on any atom is -0.506 e. The van der Waals surface area contributed by atoms with E-state index >= 15 is 0 Å². The topological polar surface area (TPSA) is 72.8 Å². The molecule has 6 heteroatoms. The van der Waals surface area contributed by atoms with Crippen molar-refractivity contribution >= 4 is 24.6 Å². The summed E-state index contributed by atoms with van der Waals surface area (Å²) in [6.45, 7) is 11.3. The van der Waals surface area contributed by atoms with Crippen LogP contribution in [-0.4, -0.2) is 30.3 Å². The number of carbonyl (C=O) groups is 2. The van der Waals surface area contributed by atoms with Crippen molar-refractivity contribution in [3.05, 3.63) is 23.3 Å². The van der Waals surface area contributed by atoms with Crippen LogP contribution in [0.15, 0.2) is 17.0 Å². The molecule has 5 nitrogen and oxygen atoms in total. The lowest BCUT2D eigenvalue weighted by atomic mass is 9.84. The SMILES string of the molecule is CCCCCCCCCCCCCCCCCCOC(=O)C(Cc1cc(S)c(O)c(C(C)(C)C)c1)C(=O)OCCCCCCCCCCCCCCCCCC. The minimum absolute atomic E-state index is 0.137. The number of unbranched alkanes of at least 4 members (excludes halogenated alkanes) is 30. The molecule has 0 aromatic heterocycles. The summed E-state index contributed by atoms with van der Waals surface area (Å²) in [5.41, 5.74) is 1.18. The summed E-state index contributed by atoms with van der Waals surface area (Å²) in [5.74, 6) is -1.94. The molecular formula is C50H90O5S. The summed E-state index contributed by atoms with van der Waals surface area (Å²) < 4.78 is 11.4. The third-order valence-electron chi connectivity index (χ3n) is 11.5. The first-order chi connectivity index (χ1) is 27.1. The lowest BCUT2D eigenvalue weighted by Crippen LogP contribution is -2.30. The van der Waals surface area contributed by atoms with Gasteiger partial charge in [-0.05, 0) is 36.3 Å². The van der Waals surface area contributed by atoms with E-state index in [4.69, 9.17) is 9.47 Å². The molecule has 0 amide bonds. The highest BCUT2D eigenvalue weighted by atomic mass is 32.1. The van der Waals surface area contributed by atoms with Gasteiger partial charge in [-0.3, -0.25) is 9.59 Å². The van der Waals surface area contributed by atoms with Gasteiger partial charge in [-0.2, -0.15) is 0 Å². The van der Waals surface area contributed by atoms with Gasteiger partial charge in [0.05, 0.1) is 13.2 Å². The first kappa shape index (κ1) is 52.3. The predicted octanol–water partition coefficient (Wildman–Crippen LogP) is 15.7. The Morgan fingerprint density at radius 3 is 1.09 bits per heavy atom. The standard InChI is InChI=1S/C50H90O5S/c1-6-8-10-12-14-16-18-20-22-24-26-28-30-32-34-36-38-54-48(52)44(40-43-41-45(50(3,4)5)47(51)46(56)42-43)49(53)55-39-37-35-33-31-29-27-25-23-21-19-17-15-13-11-9-7-2/h41-42,44,51,56H,6-40H2,1-5H3. The Balaban J connectivity index is 2.38. The average Bonchev–Trinajstić information content (AvgIpc) is 3.16. The molecule has 326 valence electrons. The van der Waals surface area contributed by atoms with Crippen LogP contribution in [0.4, 0.5) is 0 Å². The zero-order valence-electron chi connectivity index (χ0n) is 37.5. The fourth-order valence-electron chi connectivity index (χ4n) is 7.71. The molecule has 1 N–H and O–H groups in total. The number of rotatable bonds is 38. The maximum atomic E-state index is 13.4. The van der Waals surface area contributed by atoms with Crippen LogP contribution in [0.2, 0.25) is 0 Å². The number of benzene rings is 1. The van der Waals surface area contributed by atoms with Crippen LogP contribution in [-0.2, 0) is 30.9 Å². The number of phenolic OH excluding ortho intramolecular Hbond substituents is 1. The average molecular weight is 803 g/mol. The number of ether oxygens (including phenoxy) is 2. The van der Waals surface area contributed by atoms with Crippen molar-refractivity contribution in [2.24, 2.45) is 5.92 Å². The Kier molecular flexibility index (Phi) is 33.0. The van der Waals surface area contributed by atoms with E-state index in [2.05, 4.69) is 26.5 Å². The van der Waals surface area contributed by atoms with Crippen molar-refractivity contribution in [3.8, 4) is 5.75 Å². The Morgan fingerprint density at radius 1 is 0.518 bits per heavy atom. The molecule has 0 saturated carbocycles. The van der Waals surface area contributed by atoms with Gasteiger partial charge < -0.3 is 14.6 Å². The molecule has 0 atom stereocenters. The van der Waals surface area contributed by atoms with Gasteiger partial charge in [0, 0.05) is 10.5 Å². The van der Waals surface area contributed by atoms with Gasteiger partial charge in [-0.1, -0.05) is 233 Å². The van der Waals surface area contributed by atoms with Crippen LogP contribution in [0.25, 0.3) is 0 Å². The Hall–Kier alpha value is -1.69. The van der Waals surface area contributed by atoms with Gasteiger partial charge in [-0.25, -0.2) is 0 Å². The highest BCUT2D eigenvalue weighted by Gasteiger charge is 2.31. The van der Waals surface area contributed by atoms with E-state index in [0.29, 0.717) is 18.1 Å². The van der Waals surface area contributed by atoms with Crippen molar-refractivity contribution in [2.75, 3.05) is 13.2 Å². The Morgan fingerprint density at radius 2 is 0.804 bits per heavy atom. The molecule has 0 aliphatic rings. The number of carbonyl (C=O) groups excluding carboxylic acids is 2. The molecule has 0 spiro atoms. The molecule has 0 radical (unpaired) electrons. The van der Waals surface area contributed by atoms with Crippen molar-refractivity contribution < 1.29 is 24.2 Å². The molecule has 0 heterocycles. The van der Waals surface area contributed by atoms with E-state index in [0.717, 1.165) is 49.7 Å². The van der Waals surface area contributed by atoms with Gasteiger partial charge in [0.15, 0.2) is 5.92 Å². The fraction of sp³-hybridized carbons (Fsp3) is 0.840. The van der Waals surface area contributed by atoms with Gasteiger partial charge in [0.2, 0.25) is 0 Å². The zero-order chi connectivity index (χ0) is 41.1. The fourth-order valence-corrected chi connectivity index (χ4v) is 8.00. The van der Waals surface area contributed by atoms with E-state index < -0.39 is 17.9 Å². The van der Waals surface area contributed by atoms with Gasteiger partial charge in [-0.15, -0.1) is 12.6 Å². The van der Waals surface area contributed by atoms with Crippen LogP contribution >= 0.6 is 12.6 Å². The Bertz CT molecular complexity index is 1050. The summed E-state index contributed by atoms with van der Waals surface area (Å²) in [7, 11) is 0. The lowest BCUT2D eigenvalue weighted by molar-refractivity contribution is -0.162. The summed E-state index contributed by atoms with van der Waals surface area (Å²) in [6, 6.07) is 3.63. The van der Waals surface area contributed by atoms with Gasteiger partial charge in [0.25, 0.3) is 0 Å². The number of phenols is 1. The van der Waals surface area contributed by atoms with Crippen LogP contribution in [0.1, 0.15) is 251 Å². The molecule has 0 unspecified atom stereocenters. The van der Waals surface area contributed by atoms with E-state index in [1.165, 1.54) is 167 Å². The molecule has 56 heavy (non-hydrogen) atoms. The highest BCUT2D eigenvalue weighted by molar-refractivity contribution is 7.80. The Labute approximate surface area is 352 Å². The summed E-state index contributed by atoms with van der Waals surface area (Å²) in [4.78, 5) is 27.2. The molecule has 0 aliphatic carbocycles. The normalized spacial score (nSPS) is 11.8. The number of thiol groups is 1. The van der Waals surface area contributed by atoms with Crippen molar-refractivity contribution in [2.45, 2.75) is 257 Å². The van der Waals surface area contributed by atoms with Crippen molar-refractivity contribution in [3.63, 3.8) is 0 Å². The molecule has 1 rings (SSSR count). The van der Waals surface area contributed by atoms with Crippen LogP contribution < -0.4 is 0 Å². The second-order valence-corrected chi connectivity index (χ2v) is 18.4. The molecule has 0 bridgehead atoms. The van der Waals surface area contributed by atoms with Crippen LogP contribution in [0.3, 0.4) is 0 Å². The molecular weight excluding hydrogens is 713 g/mol. The molecule has 1 aromatic rings. The van der Waals surface area contributed by atoms with Crippen molar-refractivity contribution in [1.82, 2.24) is 0 Å². The predicted molar refractivity (Wildman–Crippen MR) is 242 cm³/mol. The molecule has 0 saturated heterocycles. The number of aromatic hydroxyl groups is 1. The summed E-state index contributed by atoms with van der Waals surface area (Å²) >= 11 is 4.50. The maximum Gasteiger partial charge on any atom is 0.320 e. The number of hydrogen-bond donors (Lipinski definition) is 2. The number of hydrogen-bond acceptors (Lipinski definition) is 6. The smallest absolute Gasteiger partial charge is 0.320 e. The van der Waals surface area contributed by atoms with E-state index in [1.54, 1.807) is 6.07 Å². The zero-order valence-corrected chi connectivity index (χ0v) is 38.4. The van der Waals surface area contributed by atoms with Crippen molar-refractivity contribution in [1.29, 1.82) is 0 Å². The second-order valence-electron chi connectivity index (χ2n) is 18.0. The van der Waals surface area contributed by atoms with Gasteiger partial charge in [0.1, 0.15) is 5.75 Å². The molecule has 0 fully saturated rings. The molecule has 1 aromatic carbocycles. The molecule has 0 aliphatic heterocycles. The largest absolute Gasteiger partial charge is 0.506 e. The first-order valence-corrected chi connectivity index (χ1v) is 24.4. The third-order valence-corrected chi connectivity index (χ3v) is 11.8. The highest BCUT2D eigenvalue weighted by Crippen LogP contribution is 2.37. The second kappa shape index (κ2) is 35.3. The maximum absolute atomic E-state index is 13.4. The summed E-state index contributed by atoms with van der Waals surface area (Å²) in [5, 5.41) is 10.7. The van der Waals surface area contributed by atoms with Crippen LogP contribution in [0, 0.1) is 5.92 Å². The lowest BCUT2D eigenvalue weighted by Gasteiger charge is -2.23. The minimum atomic E-state index is -1.04. The van der Waals surface area contributed by atoms with E-state index in [9.17, 15) is 14.7 Å². The third kappa shape index (κ3) is 27.9. The monoisotopic (exact) mass is 803 g/mol. The first-order valence-electron chi connectivity index (χ1n) is 24.0. The van der Waals surface area contributed by atoms with E-state index in [-0.39, 0.29) is 17.6 Å². The quantitative estimate of drug-likeness (QED) is 0.0301. The number of esters is 2.